The summed E-state index contributed by atoms with van der Waals surface area (Å²) in [5, 5.41) is 5.64. The van der Waals surface area contributed by atoms with Crippen LogP contribution >= 0.6 is 0 Å². The Bertz CT molecular complexity index is 666. The zero-order chi connectivity index (χ0) is 16.1. The van der Waals surface area contributed by atoms with E-state index in [2.05, 4.69) is 10.6 Å². The lowest BCUT2D eigenvalue weighted by Crippen LogP contribution is -2.19. The van der Waals surface area contributed by atoms with Gasteiger partial charge in [-0.05, 0) is 63.1 Å². The molecular weight excluding hydrogens is 276 g/mol. The third-order valence-corrected chi connectivity index (χ3v) is 3.23. The second-order valence-electron chi connectivity index (χ2n) is 5.57. The highest BCUT2D eigenvalue weighted by molar-refractivity contribution is 5.99. The number of aryl methyl sites for hydroxylation is 2. The largest absolute Gasteiger partial charge is 0.491 e. The van der Waals surface area contributed by atoms with Gasteiger partial charge in [-0.2, -0.15) is 0 Å². The Morgan fingerprint density at radius 2 is 1.64 bits per heavy atom. The summed E-state index contributed by atoms with van der Waals surface area (Å²) < 4.78 is 5.61. The van der Waals surface area contributed by atoms with Crippen molar-refractivity contribution in [2.24, 2.45) is 0 Å². The van der Waals surface area contributed by atoms with Crippen LogP contribution in [-0.2, 0) is 0 Å². The number of carbonyl (C=O) groups is 1. The Kier molecular flexibility index (Phi) is 5.04. The highest BCUT2D eigenvalue weighted by atomic mass is 16.5. The predicted molar refractivity (Wildman–Crippen MR) is 90.8 cm³/mol. The Morgan fingerprint density at radius 3 is 2.27 bits per heavy atom. The first-order valence-electron chi connectivity index (χ1n) is 7.36. The predicted octanol–water partition coefficient (Wildman–Crippen LogP) is 4.73. The van der Waals surface area contributed by atoms with Gasteiger partial charge in [-0.25, -0.2) is 4.79 Å². The summed E-state index contributed by atoms with van der Waals surface area (Å²) >= 11 is 0. The maximum atomic E-state index is 12.0. The molecule has 0 heterocycles. The lowest BCUT2D eigenvalue weighted by atomic mass is 10.1. The first-order chi connectivity index (χ1) is 10.4. The molecule has 2 rings (SSSR count). The molecule has 0 aliphatic heterocycles. The normalized spacial score (nSPS) is 10.4. The molecule has 0 saturated heterocycles. The first-order valence-corrected chi connectivity index (χ1v) is 7.36. The van der Waals surface area contributed by atoms with Crippen LogP contribution in [0.2, 0.25) is 0 Å². The van der Waals surface area contributed by atoms with E-state index in [1.807, 2.05) is 64.1 Å². The van der Waals surface area contributed by atoms with E-state index >= 15 is 0 Å². The van der Waals surface area contributed by atoms with Gasteiger partial charge >= 0.3 is 6.03 Å². The molecule has 0 bridgehead atoms. The smallest absolute Gasteiger partial charge is 0.323 e. The average Bonchev–Trinajstić information content (AvgIpc) is 2.42. The standard InChI is InChI=1S/C18H22N2O2/c1-12(2)22-17-7-5-6-15(11-17)19-18(21)20-16-9-8-13(3)14(4)10-16/h5-12H,1-4H3,(H2,19,20,21). The minimum atomic E-state index is -0.273. The van der Waals surface area contributed by atoms with Crippen LogP contribution in [0.3, 0.4) is 0 Å². The number of urea groups is 1. The van der Waals surface area contributed by atoms with Crippen LogP contribution in [0, 0.1) is 13.8 Å². The molecule has 116 valence electrons. The summed E-state index contributed by atoms with van der Waals surface area (Å²) in [5.74, 6) is 0.735. The van der Waals surface area contributed by atoms with Crippen LogP contribution in [0.5, 0.6) is 5.75 Å². The molecule has 2 aromatic carbocycles. The summed E-state index contributed by atoms with van der Waals surface area (Å²) in [7, 11) is 0. The number of benzene rings is 2. The summed E-state index contributed by atoms with van der Waals surface area (Å²) in [5.41, 5.74) is 3.81. The van der Waals surface area contributed by atoms with Crippen molar-refractivity contribution in [2.45, 2.75) is 33.8 Å². The fraction of sp³-hybridized carbons (Fsp3) is 0.278. The van der Waals surface area contributed by atoms with E-state index in [9.17, 15) is 4.79 Å². The van der Waals surface area contributed by atoms with E-state index < -0.39 is 0 Å². The lowest BCUT2D eigenvalue weighted by molar-refractivity contribution is 0.242. The number of hydrogen-bond acceptors (Lipinski definition) is 2. The fourth-order valence-electron chi connectivity index (χ4n) is 2.03. The lowest BCUT2D eigenvalue weighted by Gasteiger charge is -2.12. The zero-order valence-electron chi connectivity index (χ0n) is 13.4. The van der Waals surface area contributed by atoms with Crippen LogP contribution < -0.4 is 15.4 Å². The molecule has 2 aromatic rings. The Morgan fingerprint density at radius 1 is 0.955 bits per heavy atom. The van der Waals surface area contributed by atoms with E-state index in [4.69, 9.17) is 4.74 Å². The molecule has 0 atom stereocenters. The Labute approximate surface area is 131 Å². The molecule has 2 amide bonds. The minimum Gasteiger partial charge on any atom is -0.491 e. The summed E-state index contributed by atoms with van der Waals surface area (Å²) in [6, 6.07) is 12.9. The Hall–Kier alpha value is -2.49. The Balaban J connectivity index is 2.01. The third-order valence-electron chi connectivity index (χ3n) is 3.23. The number of anilines is 2. The molecule has 0 aliphatic carbocycles. The molecule has 0 fully saturated rings. The van der Waals surface area contributed by atoms with Crippen LogP contribution in [-0.4, -0.2) is 12.1 Å². The van der Waals surface area contributed by atoms with Gasteiger partial charge in [-0.15, -0.1) is 0 Å². The first kappa shape index (κ1) is 15.9. The molecule has 2 N–H and O–H groups in total. The van der Waals surface area contributed by atoms with Crippen molar-refractivity contribution >= 4 is 17.4 Å². The highest BCUT2D eigenvalue weighted by Gasteiger charge is 2.05. The molecule has 4 heteroatoms. The minimum absolute atomic E-state index is 0.0969. The molecular formula is C18H22N2O2. The molecule has 0 aromatic heterocycles. The molecule has 0 unspecified atom stereocenters. The monoisotopic (exact) mass is 298 g/mol. The number of hydrogen-bond donors (Lipinski definition) is 2. The second-order valence-corrected chi connectivity index (χ2v) is 5.57. The van der Waals surface area contributed by atoms with Crippen LogP contribution in [0.25, 0.3) is 0 Å². The van der Waals surface area contributed by atoms with Gasteiger partial charge in [0.25, 0.3) is 0 Å². The molecule has 4 nitrogen and oxygen atoms in total. The van der Waals surface area contributed by atoms with Gasteiger partial charge in [-0.3, -0.25) is 0 Å². The number of rotatable bonds is 4. The van der Waals surface area contributed by atoms with Crippen molar-refractivity contribution in [3.8, 4) is 5.75 Å². The van der Waals surface area contributed by atoms with Crippen molar-refractivity contribution in [2.75, 3.05) is 10.6 Å². The van der Waals surface area contributed by atoms with Crippen molar-refractivity contribution in [1.82, 2.24) is 0 Å². The molecule has 0 aliphatic rings. The number of carbonyl (C=O) groups excluding carboxylic acids is 1. The van der Waals surface area contributed by atoms with Gasteiger partial charge in [0.15, 0.2) is 0 Å². The number of amides is 2. The average molecular weight is 298 g/mol. The van der Waals surface area contributed by atoms with Crippen molar-refractivity contribution in [3.05, 3.63) is 53.6 Å². The summed E-state index contributed by atoms with van der Waals surface area (Å²) in [6.45, 7) is 7.99. The van der Waals surface area contributed by atoms with E-state index in [1.165, 1.54) is 5.56 Å². The van der Waals surface area contributed by atoms with E-state index in [1.54, 1.807) is 6.07 Å². The van der Waals surface area contributed by atoms with E-state index in [-0.39, 0.29) is 12.1 Å². The second kappa shape index (κ2) is 6.98. The van der Waals surface area contributed by atoms with Crippen LogP contribution in [0.15, 0.2) is 42.5 Å². The van der Waals surface area contributed by atoms with Gasteiger partial charge in [-0.1, -0.05) is 12.1 Å². The number of nitrogens with one attached hydrogen (secondary N) is 2. The van der Waals surface area contributed by atoms with Crippen LogP contribution in [0.4, 0.5) is 16.2 Å². The van der Waals surface area contributed by atoms with Gasteiger partial charge in [0.05, 0.1) is 6.10 Å². The van der Waals surface area contributed by atoms with Crippen molar-refractivity contribution < 1.29 is 9.53 Å². The molecule has 0 radical (unpaired) electrons. The van der Waals surface area contributed by atoms with Gasteiger partial charge in [0.1, 0.15) is 5.75 Å². The zero-order valence-corrected chi connectivity index (χ0v) is 13.4. The van der Waals surface area contributed by atoms with Crippen LogP contribution in [0.1, 0.15) is 25.0 Å². The fourth-order valence-corrected chi connectivity index (χ4v) is 2.03. The van der Waals surface area contributed by atoms with Gasteiger partial charge in [0.2, 0.25) is 0 Å². The third kappa shape index (κ3) is 4.52. The molecule has 22 heavy (non-hydrogen) atoms. The highest BCUT2D eigenvalue weighted by Crippen LogP contribution is 2.19. The maximum Gasteiger partial charge on any atom is 0.323 e. The SMILES string of the molecule is Cc1ccc(NC(=O)Nc2cccc(OC(C)C)c2)cc1C. The molecule has 0 saturated carbocycles. The summed E-state index contributed by atoms with van der Waals surface area (Å²) in [4.78, 5) is 12.0. The molecule has 0 spiro atoms. The summed E-state index contributed by atoms with van der Waals surface area (Å²) in [6.07, 6.45) is 0.0969. The van der Waals surface area contributed by atoms with Crippen molar-refractivity contribution in [1.29, 1.82) is 0 Å². The van der Waals surface area contributed by atoms with Crippen molar-refractivity contribution in [3.63, 3.8) is 0 Å². The van der Waals surface area contributed by atoms with Gasteiger partial charge < -0.3 is 15.4 Å². The van der Waals surface area contributed by atoms with E-state index in [0.29, 0.717) is 5.69 Å². The maximum absolute atomic E-state index is 12.0. The topological polar surface area (TPSA) is 50.4 Å². The van der Waals surface area contributed by atoms with E-state index in [0.717, 1.165) is 17.0 Å². The quantitative estimate of drug-likeness (QED) is 0.857. The van der Waals surface area contributed by atoms with Gasteiger partial charge in [0, 0.05) is 17.4 Å². The number of ether oxygens (including phenoxy) is 1.